The van der Waals surface area contributed by atoms with Crippen molar-refractivity contribution in [2.75, 3.05) is 6.54 Å². The minimum Gasteiger partial charge on any atom is -0.387 e. The van der Waals surface area contributed by atoms with Gasteiger partial charge in [-0.05, 0) is 34.0 Å². The fraction of sp³-hybridized carbons (Fsp3) is 0.333. The Bertz CT molecular complexity index is 422. The van der Waals surface area contributed by atoms with Gasteiger partial charge in [0.1, 0.15) is 0 Å². The smallest absolute Gasteiger partial charge is 0.0922 e. The molecule has 0 saturated heterocycles. The van der Waals surface area contributed by atoms with Crippen LogP contribution in [0.4, 0.5) is 0 Å². The summed E-state index contributed by atoms with van der Waals surface area (Å²) in [6, 6.07) is 4.03. The van der Waals surface area contributed by atoms with E-state index in [1.807, 2.05) is 34.6 Å². The lowest BCUT2D eigenvalue weighted by Crippen LogP contribution is -2.20. The summed E-state index contributed by atoms with van der Waals surface area (Å²) in [5.41, 5.74) is 2.23. The van der Waals surface area contributed by atoms with Gasteiger partial charge in [0, 0.05) is 32.5 Å². The molecular weight excluding hydrogens is 220 g/mol. The first-order chi connectivity index (χ1) is 7.75. The Labute approximate surface area is 99.4 Å². The second-order valence-electron chi connectivity index (χ2n) is 3.89. The van der Waals surface area contributed by atoms with Crippen molar-refractivity contribution in [2.24, 2.45) is 7.05 Å². The molecule has 0 aliphatic heterocycles. The summed E-state index contributed by atoms with van der Waals surface area (Å²) in [4.78, 5) is 0. The minimum absolute atomic E-state index is 0.407. The molecule has 0 amide bonds. The first kappa shape index (κ1) is 11.4. The number of thiophene rings is 1. The van der Waals surface area contributed by atoms with Crippen molar-refractivity contribution in [3.63, 3.8) is 0 Å². The van der Waals surface area contributed by atoms with E-state index in [4.69, 9.17) is 0 Å². The normalized spacial score (nSPS) is 12.9. The van der Waals surface area contributed by atoms with E-state index in [9.17, 15) is 5.11 Å². The maximum Gasteiger partial charge on any atom is 0.0922 e. The molecule has 2 N–H and O–H groups in total. The van der Waals surface area contributed by atoms with Crippen molar-refractivity contribution >= 4 is 11.3 Å². The van der Waals surface area contributed by atoms with Gasteiger partial charge in [-0.3, -0.25) is 0 Å². The van der Waals surface area contributed by atoms with Gasteiger partial charge in [-0.2, -0.15) is 11.3 Å². The molecule has 1 unspecified atom stereocenters. The highest BCUT2D eigenvalue weighted by Crippen LogP contribution is 2.15. The van der Waals surface area contributed by atoms with Crippen LogP contribution in [-0.4, -0.2) is 16.2 Å². The number of aryl methyl sites for hydroxylation is 1. The first-order valence-corrected chi connectivity index (χ1v) is 6.21. The molecule has 86 valence electrons. The average molecular weight is 236 g/mol. The zero-order valence-corrected chi connectivity index (χ0v) is 10.1. The number of rotatable bonds is 5. The van der Waals surface area contributed by atoms with Crippen LogP contribution in [0, 0.1) is 0 Å². The summed E-state index contributed by atoms with van der Waals surface area (Å²) >= 11 is 1.61. The van der Waals surface area contributed by atoms with Crippen LogP contribution in [0.2, 0.25) is 0 Å². The molecule has 0 saturated carbocycles. The molecule has 16 heavy (non-hydrogen) atoms. The fourth-order valence-electron chi connectivity index (χ4n) is 1.60. The Morgan fingerprint density at radius 1 is 1.50 bits per heavy atom. The molecule has 0 aliphatic rings. The van der Waals surface area contributed by atoms with E-state index < -0.39 is 6.10 Å². The lowest BCUT2D eigenvalue weighted by molar-refractivity contribution is 0.175. The molecule has 3 nitrogen and oxygen atoms in total. The van der Waals surface area contributed by atoms with E-state index in [1.165, 1.54) is 5.56 Å². The van der Waals surface area contributed by atoms with Crippen LogP contribution in [0.25, 0.3) is 0 Å². The van der Waals surface area contributed by atoms with Gasteiger partial charge in [0.25, 0.3) is 0 Å². The third-order valence-electron chi connectivity index (χ3n) is 2.49. The fourth-order valence-corrected chi connectivity index (χ4v) is 2.31. The zero-order valence-electron chi connectivity index (χ0n) is 9.26. The zero-order chi connectivity index (χ0) is 11.4. The molecule has 2 rings (SSSR count). The summed E-state index contributed by atoms with van der Waals surface area (Å²) in [6.45, 7) is 1.38. The van der Waals surface area contributed by atoms with Crippen molar-refractivity contribution in [3.8, 4) is 0 Å². The Morgan fingerprint density at radius 2 is 2.38 bits per heavy atom. The van der Waals surface area contributed by atoms with Crippen LogP contribution in [0.15, 0.2) is 35.3 Å². The van der Waals surface area contributed by atoms with Gasteiger partial charge < -0.3 is 15.0 Å². The van der Waals surface area contributed by atoms with Gasteiger partial charge in [-0.1, -0.05) is 0 Å². The van der Waals surface area contributed by atoms with Gasteiger partial charge in [-0.25, -0.2) is 0 Å². The number of hydrogen-bond acceptors (Lipinski definition) is 3. The number of hydrogen-bond donors (Lipinski definition) is 2. The van der Waals surface area contributed by atoms with Crippen LogP contribution in [0.5, 0.6) is 0 Å². The number of nitrogens with one attached hydrogen (secondary N) is 1. The van der Waals surface area contributed by atoms with Crippen LogP contribution in [0.1, 0.15) is 17.2 Å². The van der Waals surface area contributed by atoms with E-state index in [-0.39, 0.29) is 0 Å². The highest BCUT2D eigenvalue weighted by Gasteiger charge is 2.06. The summed E-state index contributed by atoms with van der Waals surface area (Å²) in [6.07, 6.45) is 3.69. The Hall–Kier alpha value is -1.10. The molecule has 0 aliphatic carbocycles. The molecule has 2 aromatic rings. The first-order valence-electron chi connectivity index (χ1n) is 5.27. The summed E-state index contributed by atoms with van der Waals surface area (Å²) in [5.74, 6) is 0. The van der Waals surface area contributed by atoms with Crippen LogP contribution in [0.3, 0.4) is 0 Å². The molecule has 4 heteroatoms. The molecular formula is C12H16N2OS. The number of aliphatic hydroxyl groups excluding tert-OH is 1. The van der Waals surface area contributed by atoms with Crippen molar-refractivity contribution < 1.29 is 5.11 Å². The van der Waals surface area contributed by atoms with Crippen LogP contribution >= 0.6 is 11.3 Å². The SMILES string of the molecule is Cn1ccc(CNCC(O)c2ccsc2)c1. The monoisotopic (exact) mass is 236 g/mol. The Kier molecular flexibility index (Phi) is 3.77. The van der Waals surface area contributed by atoms with Gasteiger partial charge in [0.15, 0.2) is 0 Å². The molecule has 1 atom stereocenters. The number of aliphatic hydroxyl groups is 1. The maximum atomic E-state index is 9.83. The standard InChI is InChI=1S/C12H16N2OS/c1-14-4-2-10(8-14)6-13-7-12(15)11-3-5-16-9-11/h2-5,8-9,12-13,15H,6-7H2,1H3. The molecule has 0 bridgehead atoms. The second-order valence-corrected chi connectivity index (χ2v) is 4.67. The number of nitrogens with zero attached hydrogens (tertiary/aromatic N) is 1. The third-order valence-corrected chi connectivity index (χ3v) is 3.19. The highest BCUT2D eigenvalue weighted by molar-refractivity contribution is 7.07. The largest absolute Gasteiger partial charge is 0.387 e. The summed E-state index contributed by atoms with van der Waals surface area (Å²) in [7, 11) is 2.00. The summed E-state index contributed by atoms with van der Waals surface area (Å²) in [5, 5.41) is 17.0. The van der Waals surface area contributed by atoms with E-state index in [0.717, 1.165) is 12.1 Å². The van der Waals surface area contributed by atoms with E-state index >= 15 is 0 Å². The lowest BCUT2D eigenvalue weighted by Gasteiger charge is -2.09. The van der Waals surface area contributed by atoms with Crippen LogP contribution in [-0.2, 0) is 13.6 Å². The highest BCUT2D eigenvalue weighted by atomic mass is 32.1. The third kappa shape index (κ3) is 2.95. The quantitative estimate of drug-likeness (QED) is 0.832. The minimum atomic E-state index is -0.407. The lowest BCUT2D eigenvalue weighted by atomic mass is 10.2. The van der Waals surface area contributed by atoms with Crippen molar-refractivity contribution in [1.29, 1.82) is 0 Å². The molecule has 0 aromatic carbocycles. The predicted molar refractivity (Wildman–Crippen MR) is 66.4 cm³/mol. The van der Waals surface area contributed by atoms with E-state index in [0.29, 0.717) is 6.54 Å². The Morgan fingerprint density at radius 3 is 3.00 bits per heavy atom. The summed E-state index contributed by atoms with van der Waals surface area (Å²) < 4.78 is 2.02. The molecule has 2 aromatic heterocycles. The molecule has 0 spiro atoms. The van der Waals surface area contributed by atoms with Crippen molar-refractivity contribution in [2.45, 2.75) is 12.6 Å². The molecule has 0 fully saturated rings. The average Bonchev–Trinajstić information content (AvgIpc) is 2.89. The van der Waals surface area contributed by atoms with E-state index in [1.54, 1.807) is 11.3 Å². The molecule has 0 radical (unpaired) electrons. The molecule has 2 heterocycles. The van der Waals surface area contributed by atoms with Crippen molar-refractivity contribution in [3.05, 3.63) is 46.4 Å². The predicted octanol–water partition coefficient (Wildman–Crippen LogP) is 1.91. The van der Waals surface area contributed by atoms with Gasteiger partial charge in [0.05, 0.1) is 6.10 Å². The van der Waals surface area contributed by atoms with Crippen LogP contribution < -0.4 is 5.32 Å². The maximum absolute atomic E-state index is 9.83. The van der Waals surface area contributed by atoms with E-state index in [2.05, 4.69) is 17.6 Å². The topological polar surface area (TPSA) is 37.2 Å². The number of aromatic nitrogens is 1. The van der Waals surface area contributed by atoms with Gasteiger partial charge in [-0.15, -0.1) is 0 Å². The van der Waals surface area contributed by atoms with Gasteiger partial charge >= 0.3 is 0 Å². The van der Waals surface area contributed by atoms with Gasteiger partial charge in [0.2, 0.25) is 0 Å². The second kappa shape index (κ2) is 5.30. The van der Waals surface area contributed by atoms with Crippen molar-refractivity contribution in [1.82, 2.24) is 9.88 Å². The Balaban J connectivity index is 1.76.